The number of aliphatic hydroxyl groups excluding tert-OH is 2. The van der Waals surface area contributed by atoms with E-state index in [4.69, 9.17) is 18.9 Å². The first-order valence-electron chi connectivity index (χ1n) is 19.1. The van der Waals surface area contributed by atoms with Gasteiger partial charge in [0.25, 0.3) is 0 Å². The quantitative estimate of drug-likeness (QED) is 0.0857. The Morgan fingerprint density at radius 3 is 2.12 bits per heavy atom. The molecule has 0 aromatic heterocycles. The molecule has 15 heteroatoms. The van der Waals surface area contributed by atoms with E-state index in [1.807, 2.05) is 24.3 Å². The third-order valence-electron chi connectivity index (χ3n) is 10.3. The van der Waals surface area contributed by atoms with E-state index in [0.29, 0.717) is 49.0 Å². The normalized spacial score (nSPS) is 20.6. The highest BCUT2D eigenvalue weighted by Crippen LogP contribution is 2.47. The number of amides is 1. The largest absolute Gasteiger partial charge is 0.458 e. The summed E-state index contributed by atoms with van der Waals surface area (Å²) >= 11 is 0. The number of β-lactam (4-membered cyclic amide) rings is 1. The van der Waals surface area contributed by atoms with Crippen LogP contribution in [0.25, 0.3) is 0 Å². The summed E-state index contributed by atoms with van der Waals surface area (Å²) in [5, 5.41) is 22.3. The van der Waals surface area contributed by atoms with E-state index in [-0.39, 0.29) is 32.0 Å². The molecular formula is C42H53FN2O11S. The van der Waals surface area contributed by atoms with Gasteiger partial charge in [0.05, 0.1) is 37.5 Å². The minimum absolute atomic E-state index is 0.0754. The van der Waals surface area contributed by atoms with Crippen molar-refractivity contribution in [2.45, 2.75) is 102 Å². The molecule has 0 spiro atoms. The van der Waals surface area contributed by atoms with Crippen molar-refractivity contribution in [3.63, 3.8) is 0 Å². The van der Waals surface area contributed by atoms with Crippen LogP contribution in [0.15, 0.2) is 72.8 Å². The van der Waals surface area contributed by atoms with E-state index in [2.05, 4.69) is 4.72 Å². The van der Waals surface area contributed by atoms with Gasteiger partial charge in [0.1, 0.15) is 18.0 Å². The van der Waals surface area contributed by atoms with Crippen LogP contribution in [0.3, 0.4) is 0 Å². The highest BCUT2D eigenvalue weighted by atomic mass is 32.2. The molecule has 2 aliphatic heterocycles. The molecule has 0 saturated carbocycles. The maximum absolute atomic E-state index is 13.9. The molecule has 310 valence electrons. The van der Waals surface area contributed by atoms with Crippen molar-refractivity contribution in [3.05, 3.63) is 101 Å². The van der Waals surface area contributed by atoms with E-state index >= 15 is 0 Å². The molecule has 57 heavy (non-hydrogen) atoms. The van der Waals surface area contributed by atoms with Crippen LogP contribution < -0.4 is 9.62 Å². The van der Waals surface area contributed by atoms with Crippen LogP contribution in [0, 0.1) is 11.7 Å². The van der Waals surface area contributed by atoms with Gasteiger partial charge in [0.15, 0.2) is 11.4 Å². The smallest absolute Gasteiger partial charge is 0.303 e. The third kappa shape index (κ3) is 11.9. The van der Waals surface area contributed by atoms with Gasteiger partial charge in [-0.3, -0.25) is 14.4 Å². The summed E-state index contributed by atoms with van der Waals surface area (Å²) in [6, 6.07) is 19.8. The molecule has 2 saturated heterocycles. The number of carbonyl (C=O) groups excluding carboxylic acids is 3. The average Bonchev–Trinajstić information content (AvgIpc) is 3.15. The third-order valence-corrected chi connectivity index (χ3v) is 11.1. The molecule has 3 aromatic carbocycles. The fourth-order valence-electron chi connectivity index (χ4n) is 7.31. The molecule has 3 aromatic rings. The molecule has 13 nitrogen and oxygen atoms in total. The number of hydrogen-bond donors (Lipinski definition) is 3. The first kappa shape index (κ1) is 43.9. The molecule has 1 amide bonds. The fraction of sp³-hybridized carbons (Fsp3) is 0.500. The number of nitrogens with one attached hydrogen (secondary N) is 1. The molecule has 2 heterocycles. The number of rotatable bonds is 18. The Balaban J connectivity index is 1.32. The lowest BCUT2D eigenvalue weighted by molar-refractivity contribution is -0.306. The Hall–Kier alpha value is -4.25. The molecule has 2 fully saturated rings. The summed E-state index contributed by atoms with van der Waals surface area (Å²) in [6.07, 6.45) is 0.0738. The lowest BCUT2D eigenvalue weighted by atomic mass is 9.78. The second kappa shape index (κ2) is 18.6. The van der Waals surface area contributed by atoms with Gasteiger partial charge in [0, 0.05) is 26.1 Å². The number of halogens is 1. The van der Waals surface area contributed by atoms with Gasteiger partial charge in [-0.15, -0.1) is 0 Å². The molecule has 0 radical (unpaired) electrons. The Morgan fingerprint density at radius 2 is 1.54 bits per heavy atom. The second-order valence-corrected chi connectivity index (χ2v) is 17.2. The summed E-state index contributed by atoms with van der Waals surface area (Å²) in [6.45, 7) is 6.55. The predicted octanol–water partition coefficient (Wildman–Crippen LogP) is 5.36. The van der Waals surface area contributed by atoms with Gasteiger partial charge in [-0.05, 0) is 98.9 Å². The number of benzene rings is 3. The Bertz CT molecular complexity index is 1950. The molecule has 5 rings (SSSR count). The van der Waals surface area contributed by atoms with E-state index in [1.165, 1.54) is 26.0 Å². The molecule has 0 bridgehead atoms. The average molecular weight is 813 g/mol. The van der Waals surface area contributed by atoms with Crippen LogP contribution in [0.5, 0.6) is 0 Å². The van der Waals surface area contributed by atoms with Crippen molar-refractivity contribution in [2.24, 2.45) is 5.92 Å². The monoisotopic (exact) mass is 812 g/mol. The Morgan fingerprint density at radius 1 is 0.930 bits per heavy atom. The van der Waals surface area contributed by atoms with Gasteiger partial charge in [-0.25, -0.2) is 17.5 Å². The fourth-order valence-corrected chi connectivity index (χ4v) is 7.82. The van der Waals surface area contributed by atoms with Crippen molar-refractivity contribution >= 4 is 33.6 Å². The number of aliphatic hydroxyl groups is 2. The number of carbonyl (C=O) groups is 3. The van der Waals surface area contributed by atoms with Crippen molar-refractivity contribution in [2.75, 3.05) is 30.9 Å². The highest BCUT2D eigenvalue weighted by Gasteiger charge is 2.49. The van der Waals surface area contributed by atoms with Crippen molar-refractivity contribution < 1.29 is 56.4 Å². The lowest BCUT2D eigenvalue weighted by Crippen LogP contribution is -2.55. The molecule has 5 atom stereocenters. The zero-order valence-corrected chi connectivity index (χ0v) is 33.8. The summed E-state index contributed by atoms with van der Waals surface area (Å²) < 4.78 is 61.7. The lowest BCUT2D eigenvalue weighted by Gasteiger charge is -2.48. The zero-order valence-electron chi connectivity index (χ0n) is 33.0. The summed E-state index contributed by atoms with van der Waals surface area (Å²) in [7, 11) is -3.28. The second-order valence-electron chi connectivity index (χ2n) is 15.4. The zero-order chi connectivity index (χ0) is 41.5. The van der Waals surface area contributed by atoms with Crippen LogP contribution in [-0.2, 0) is 49.8 Å². The van der Waals surface area contributed by atoms with Gasteiger partial charge < -0.3 is 34.1 Å². The maximum atomic E-state index is 13.9. The number of ether oxygens (including phenoxy) is 4. The van der Waals surface area contributed by atoms with Crippen LogP contribution >= 0.6 is 0 Å². The first-order chi connectivity index (χ1) is 26.9. The van der Waals surface area contributed by atoms with Crippen molar-refractivity contribution in [3.8, 4) is 0 Å². The van der Waals surface area contributed by atoms with Crippen LogP contribution in [-0.4, -0.2) is 80.0 Å². The summed E-state index contributed by atoms with van der Waals surface area (Å²) in [5.41, 5.74) is 2.35. The topological polar surface area (TPSA) is 178 Å². The molecule has 0 aliphatic carbocycles. The summed E-state index contributed by atoms with van der Waals surface area (Å²) in [4.78, 5) is 39.6. The van der Waals surface area contributed by atoms with E-state index in [0.717, 1.165) is 17.4 Å². The van der Waals surface area contributed by atoms with E-state index < -0.39 is 69.4 Å². The van der Waals surface area contributed by atoms with Crippen LogP contribution in [0.2, 0.25) is 0 Å². The Labute approximate surface area is 333 Å². The van der Waals surface area contributed by atoms with Gasteiger partial charge in [-0.2, -0.15) is 0 Å². The SMILES string of the molecule is CC(=O)O[C@@H](CC[C@H]1C(=O)N(c2ccc(CCCNS(C)(=O)=O)cc2)[C@@H]1c1ccc(C(O)C(O)CCC2(OC(C)=O)COC(C)(C)OC2)cc1)c1ccc(F)cc1. The number of esters is 2. The van der Waals surface area contributed by atoms with Crippen molar-refractivity contribution in [1.82, 2.24) is 4.72 Å². The molecular weight excluding hydrogens is 760 g/mol. The molecule has 3 N–H and O–H groups in total. The van der Waals surface area contributed by atoms with E-state index in [9.17, 15) is 37.4 Å². The Kier molecular flexibility index (Phi) is 14.3. The number of nitrogens with zero attached hydrogens (tertiary/aromatic N) is 1. The maximum Gasteiger partial charge on any atom is 0.303 e. The van der Waals surface area contributed by atoms with Gasteiger partial charge >= 0.3 is 11.9 Å². The van der Waals surface area contributed by atoms with Crippen LogP contribution in [0.1, 0.15) is 100 Å². The summed E-state index contributed by atoms with van der Waals surface area (Å²) in [5.74, 6) is -2.93. The molecule has 2 unspecified atom stereocenters. The van der Waals surface area contributed by atoms with Crippen molar-refractivity contribution in [1.29, 1.82) is 0 Å². The minimum atomic E-state index is -3.28. The first-order valence-corrected chi connectivity index (χ1v) is 21.0. The van der Waals surface area contributed by atoms with Crippen LogP contribution in [0.4, 0.5) is 10.1 Å². The minimum Gasteiger partial charge on any atom is -0.458 e. The standard InChI is InChI=1S/C42H53FN2O11S/c1-27(46)55-37(30-14-16-33(43)17-15-30)21-20-35-38(45(40(35)50)34-18-8-29(9-19-34)7-6-24-44-57(5,51)52)31-10-12-32(13-11-31)39(49)36(48)22-23-42(56-28(2)47)25-53-41(3,4)54-26-42/h8-19,35-39,44,48-49H,6-7,20-26H2,1-5H3/t35-,36?,37+,38-,39?/m1/s1. The van der Waals surface area contributed by atoms with Gasteiger partial charge in [0.2, 0.25) is 15.9 Å². The predicted molar refractivity (Wildman–Crippen MR) is 209 cm³/mol. The van der Waals surface area contributed by atoms with E-state index in [1.54, 1.807) is 55.1 Å². The highest BCUT2D eigenvalue weighted by molar-refractivity contribution is 7.88. The number of aryl methyl sites for hydroxylation is 1. The number of anilines is 1. The molecule has 2 aliphatic rings. The van der Waals surface area contributed by atoms with Gasteiger partial charge in [-0.1, -0.05) is 48.5 Å². The number of sulfonamides is 1. The number of hydrogen-bond acceptors (Lipinski definition) is 11.